The predicted octanol–water partition coefficient (Wildman–Crippen LogP) is 1.81. The number of benzene rings is 1. The Labute approximate surface area is 160 Å². The smallest absolute Gasteiger partial charge is 0.241 e. The Morgan fingerprint density at radius 3 is 2.81 bits per heavy atom. The maximum absolute atomic E-state index is 12.4. The van der Waals surface area contributed by atoms with Crippen LogP contribution < -0.4 is 10.0 Å². The van der Waals surface area contributed by atoms with Gasteiger partial charge in [0.25, 0.3) is 0 Å². The fourth-order valence-electron chi connectivity index (χ4n) is 2.80. The molecule has 8 nitrogen and oxygen atoms in total. The molecule has 0 aliphatic carbocycles. The monoisotopic (exact) mass is 415 g/mol. The topological polar surface area (TPSA) is 104 Å². The number of nitrogens with zero attached hydrogens (tertiary/aromatic N) is 3. The number of aromatic nitrogens is 2. The van der Waals surface area contributed by atoms with Crippen LogP contribution in [0.1, 0.15) is 12.8 Å². The third kappa shape index (κ3) is 4.32. The number of rotatable bonds is 6. The van der Waals surface area contributed by atoms with Crippen molar-refractivity contribution in [3.05, 3.63) is 29.1 Å². The van der Waals surface area contributed by atoms with Crippen molar-refractivity contribution in [2.45, 2.75) is 18.9 Å². The Balaban J connectivity index is 1.56. The molecule has 1 aromatic carbocycles. The van der Waals surface area contributed by atoms with Crippen LogP contribution in [0.15, 0.2) is 24.1 Å². The Hall–Kier alpha value is -1.75. The third-order valence-electron chi connectivity index (χ3n) is 4.19. The molecule has 0 radical (unpaired) electrons. The van der Waals surface area contributed by atoms with Gasteiger partial charge < -0.3 is 10.2 Å². The van der Waals surface area contributed by atoms with Crippen LogP contribution >= 0.6 is 23.3 Å². The molecule has 0 atom stereocenters. The summed E-state index contributed by atoms with van der Waals surface area (Å²) in [4.78, 5) is 14.1. The first-order valence-electron chi connectivity index (χ1n) is 7.97. The molecule has 1 fully saturated rings. The van der Waals surface area contributed by atoms with Crippen molar-refractivity contribution >= 4 is 56.0 Å². The first-order chi connectivity index (χ1) is 12.4. The molecular formula is C15H18ClN5O3S2. The number of amides is 1. The molecule has 11 heteroatoms. The SMILES string of the molecule is C=CS(=O)(=O)NC1CCN(C(=O)CNc2c(Cl)ccc3nsnc23)CC1. The van der Waals surface area contributed by atoms with Gasteiger partial charge in [0.15, 0.2) is 0 Å². The molecule has 1 saturated heterocycles. The quantitative estimate of drug-likeness (QED) is 0.745. The molecule has 1 amide bonds. The lowest BCUT2D eigenvalue weighted by Gasteiger charge is -2.32. The standard InChI is InChI=1S/C15H18ClN5O3S2/c1-2-26(23,24)20-10-5-7-21(8-6-10)13(22)9-17-14-11(16)3-4-12-15(14)19-25-18-12/h2-4,10,17,20H,1,5-9H2. The highest BCUT2D eigenvalue weighted by Crippen LogP contribution is 2.29. The number of carbonyl (C=O) groups excluding carboxylic acids is 1. The fraction of sp³-hybridized carbons (Fsp3) is 0.400. The average Bonchev–Trinajstić information content (AvgIpc) is 3.10. The predicted molar refractivity (Wildman–Crippen MR) is 103 cm³/mol. The van der Waals surface area contributed by atoms with Crippen molar-refractivity contribution in [2.75, 3.05) is 25.0 Å². The number of hydrogen-bond donors (Lipinski definition) is 2. The van der Waals surface area contributed by atoms with Gasteiger partial charge in [-0.2, -0.15) is 8.75 Å². The zero-order valence-electron chi connectivity index (χ0n) is 13.8. The van der Waals surface area contributed by atoms with Crippen molar-refractivity contribution < 1.29 is 13.2 Å². The number of nitrogens with one attached hydrogen (secondary N) is 2. The van der Waals surface area contributed by atoms with E-state index in [1.807, 2.05) is 0 Å². The van der Waals surface area contributed by atoms with Crippen LogP contribution in [0, 0.1) is 0 Å². The largest absolute Gasteiger partial charge is 0.373 e. The molecule has 2 N–H and O–H groups in total. The van der Waals surface area contributed by atoms with Crippen LogP contribution in [0.2, 0.25) is 5.02 Å². The summed E-state index contributed by atoms with van der Waals surface area (Å²) >= 11 is 7.29. The number of likely N-dealkylation sites (tertiary alicyclic amines) is 1. The lowest BCUT2D eigenvalue weighted by molar-refractivity contribution is -0.130. The number of piperidine rings is 1. The second-order valence-corrected chi connectivity index (χ2v) is 8.49. The van der Waals surface area contributed by atoms with E-state index in [-0.39, 0.29) is 18.5 Å². The highest BCUT2D eigenvalue weighted by atomic mass is 35.5. The van der Waals surface area contributed by atoms with Crippen LogP contribution in [0.3, 0.4) is 0 Å². The average molecular weight is 416 g/mol. The van der Waals surface area contributed by atoms with E-state index in [1.165, 1.54) is 0 Å². The summed E-state index contributed by atoms with van der Waals surface area (Å²) in [6.45, 7) is 4.33. The van der Waals surface area contributed by atoms with Crippen molar-refractivity contribution in [3.8, 4) is 0 Å². The van der Waals surface area contributed by atoms with E-state index >= 15 is 0 Å². The minimum absolute atomic E-state index is 0.0775. The number of carbonyl (C=O) groups is 1. The van der Waals surface area contributed by atoms with Crippen LogP contribution in [0.25, 0.3) is 11.0 Å². The molecular weight excluding hydrogens is 398 g/mol. The van der Waals surface area contributed by atoms with Gasteiger partial charge in [0, 0.05) is 24.5 Å². The van der Waals surface area contributed by atoms with Crippen molar-refractivity contribution in [2.24, 2.45) is 0 Å². The van der Waals surface area contributed by atoms with E-state index in [2.05, 4.69) is 25.4 Å². The van der Waals surface area contributed by atoms with Gasteiger partial charge >= 0.3 is 0 Å². The number of hydrogen-bond acceptors (Lipinski definition) is 7. The summed E-state index contributed by atoms with van der Waals surface area (Å²) in [5.41, 5.74) is 1.97. The Morgan fingerprint density at radius 1 is 1.38 bits per heavy atom. The summed E-state index contributed by atoms with van der Waals surface area (Å²) in [5.74, 6) is -0.0775. The molecule has 1 aliphatic rings. The van der Waals surface area contributed by atoms with Gasteiger partial charge in [0.2, 0.25) is 15.9 Å². The highest BCUT2D eigenvalue weighted by molar-refractivity contribution is 7.92. The van der Waals surface area contributed by atoms with Gasteiger partial charge in [0.05, 0.1) is 29.0 Å². The summed E-state index contributed by atoms with van der Waals surface area (Å²) in [5, 5.41) is 4.43. The van der Waals surface area contributed by atoms with E-state index in [1.54, 1.807) is 17.0 Å². The minimum atomic E-state index is -3.45. The van der Waals surface area contributed by atoms with Crippen molar-refractivity contribution in [3.63, 3.8) is 0 Å². The molecule has 0 saturated carbocycles. The zero-order chi connectivity index (χ0) is 18.7. The van der Waals surface area contributed by atoms with E-state index < -0.39 is 10.0 Å². The first-order valence-corrected chi connectivity index (χ1v) is 10.6. The second-order valence-electron chi connectivity index (χ2n) is 5.89. The zero-order valence-corrected chi connectivity index (χ0v) is 16.2. The van der Waals surface area contributed by atoms with Gasteiger partial charge in [-0.3, -0.25) is 4.79 Å². The summed E-state index contributed by atoms with van der Waals surface area (Å²) in [7, 11) is -3.45. The molecule has 0 bridgehead atoms. The molecule has 140 valence electrons. The van der Waals surface area contributed by atoms with Gasteiger partial charge in [-0.1, -0.05) is 18.2 Å². The third-order valence-corrected chi connectivity index (χ3v) is 6.15. The molecule has 3 rings (SSSR count). The molecule has 26 heavy (non-hydrogen) atoms. The van der Waals surface area contributed by atoms with E-state index in [0.717, 1.165) is 22.7 Å². The molecule has 2 heterocycles. The minimum Gasteiger partial charge on any atom is -0.373 e. The van der Waals surface area contributed by atoms with Crippen molar-refractivity contribution in [1.29, 1.82) is 0 Å². The normalized spacial score (nSPS) is 16.0. The molecule has 0 unspecified atom stereocenters. The van der Waals surface area contributed by atoms with Gasteiger partial charge in [0.1, 0.15) is 11.0 Å². The lowest BCUT2D eigenvalue weighted by Crippen LogP contribution is -2.47. The van der Waals surface area contributed by atoms with Gasteiger partial charge in [-0.05, 0) is 25.0 Å². The number of anilines is 1. The number of fused-ring (bicyclic) bond motifs is 1. The lowest BCUT2D eigenvalue weighted by atomic mass is 10.1. The van der Waals surface area contributed by atoms with Crippen molar-refractivity contribution in [1.82, 2.24) is 18.4 Å². The highest BCUT2D eigenvalue weighted by Gasteiger charge is 2.25. The first kappa shape index (κ1) is 19.0. The molecule has 0 spiro atoms. The van der Waals surface area contributed by atoms with Crippen LogP contribution in [0.5, 0.6) is 0 Å². The van der Waals surface area contributed by atoms with Crippen LogP contribution in [0.4, 0.5) is 5.69 Å². The number of halogens is 1. The van der Waals surface area contributed by atoms with E-state index in [0.29, 0.717) is 42.2 Å². The summed E-state index contributed by atoms with van der Waals surface area (Å²) in [6, 6.07) is 3.32. The van der Waals surface area contributed by atoms with E-state index in [9.17, 15) is 13.2 Å². The number of sulfonamides is 1. The van der Waals surface area contributed by atoms with Crippen LogP contribution in [-0.4, -0.2) is 53.6 Å². The fourth-order valence-corrected chi connectivity index (χ4v) is 4.36. The Bertz CT molecular complexity index is 923. The molecule has 1 aliphatic heterocycles. The maximum Gasteiger partial charge on any atom is 0.241 e. The summed E-state index contributed by atoms with van der Waals surface area (Å²) < 4.78 is 34.0. The van der Waals surface area contributed by atoms with Crippen LogP contribution in [-0.2, 0) is 14.8 Å². The Morgan fingerprint density at radius 2 is 2.12 bits per heavy atom. The second kappa shape index (κ2) is 7.87. The molecule has 1 aromatic heterocycles. The summed E-state index contributed by atoms with van der Waals surface area (Å²) in [6.07, 6.45) is 1.12. The van der Waals surface area contributed by atoms with Gasteiger partial charge in [-0.25, -0.2) is 13.1 Å². The maximum atomic E-state index is 12.4. The Kier molecular flexibility index (Phi) is 5.76. The van der Waals surface area contributed by atoms with E-state index in [4.69, 9.17) is 11.6 Å². The molecule has 2 aromatic rings. The van der Waals surface area contributed by atoms with Gasteiger partial charge in [-0.15, -0.1) is 0 Å².